The Morgan fingerprint density at radius 3 is 2.72 bits per heavy atom. The zero-order chi connectivity index (χ0) is 12.8. The summed E-state index contributed by atoms with van der Waals surface area (Å²) in [6.07, 6.45) is 1.60. The maximum Gasteiger partial charge on any atom is 0.163 e. The van der Waals surface area contributed by atoms with E-state index in [-0.39, 0.29) is 0 Å². The summed E-state index contributed by atoms with van der Waals surface area (Å²) >= 11 is 0. The van der Waals surface area contributed by atoms with Crippen LogP contribution in [0.2, 0.25) is 0 Å². The molecular weight excluding hydrogens is 226 g/mol. The molecule has 4 nitrogen and oxygen atoms in total. The Hall–Kier alpha value is -2.54. The van der Waals surface area contributed by atoms with Gasteiger partial charge in [-0.3, -0.25) is 0 Å². The van der Waals surface area contributed by atoms with Gasteiger partial charge in [-0.1, -0.05) is 0 Å². The third-order valence-electron chi connectivity index (χ3n) is 2.36. The molecule has 0 spiro atoms. The fraction of sp³-hybridized carbons (Fsp3) is 0.143. The normalized spacial score (nSPS) is 9.56. The molecule has 0 fully saturated rings. The molecule has 0 aliphatic rings. The number of hydrogen-bond acceptors (Lipinski definition) is 4. The molecular formula is C14H13N3O. The molecule has 1 aromatic carbocycles. The van der Waals surface area contributed by atoms with Crippen LogP contribution in [-0.2, 0) is 0 Å². The number of aromatic nitrogens is 1. The molecule has 0 atom stereocenters. The van der Waals surface area contributed by atoms with Crippen LogP contribution in [-0.4, -0.2) is 11.6 Å². The lowest BCUT2D eigenvalue weighted by molar-refractivity contribution is 0.340. The van der Waals surface area contributed by atoms with Gasteiger partial charge in [0.05, 0.1) is 12.3 Å². The summed E-state index contributed by atoms with van der Waals surface area (Å²) in [5.41, 5.74) is 1.97. The average molecular weight is 239 g/mol. The van der Waals surface area contributed by atoms with Crippen molar-refractivity contribution in [1.29, 1.82) is 5.26 Å². The topological polar surface area (TPSA) is 57.9 Å². The highest BCUT2D eigenvalue weighted by atomic mass is 16.5. The first-order valence-electron chi connectivity index (χ1n) is 5.68. The monoisotopic (exact) mass is 239 g/mol. The van der Waals surface area contributed by atoms with Gasteiger partial charge < -0.3 is 10.1 Å². The number of anilines is 2. The van der Waals surface area contributed by atoms with Gasteiger partial charge in [0.25, 0.3) is 0 Å². The molecule has 1 N–H and O–H groups in total. The first-order chi connectivity index (χ1) is 8.83. The van der Waals surface area contributed by atoms with E-state index in [9.17, 15) is 0 Å². The maximum atomic E-state index is 8.94. The van der Waals surface area contributed by atoms with E-state index >= 15 is 0 Å². The van der Waals surface area contributed by atoms with Crippen LogP contribution in [0.5, 0.6) is 5.75 Å². The summed E-state index contributed by atoms with van der Waals surface area (Å²) in [6.45, 7) is 2.59. The zero-order valence-corrected chi connectivity index (χ0v) is 10.1. The molecule has 2 rings (SSSR count). The molecule has 0 saturated heterocycles. The van der Waals surface area contributed by atoms with E-state index in [0.717, 1.165) is 11.4 Å². The first kappa shape index (κ1) is 11.9. The Labute approximate surface area is 106 Å². The van der Waals surface area contributed by atoms with Gasteiger partial charge in [0.2, 0.25) is 0 Å². The van der Waals surface area contributed by atoms with Crippen LogP contribution in [0.25, 0.3) is 0 Å². The van der Waals surface area contributed by atoms with Crippen LogP contribution in [0.4, 0.5) is 11.4 Å². The molecule has 90 valence electrons. The second-order valence-corrected chi connectivity index (χ2v) is 3.59. The number of nitrogens with one attached hydrogen (secondary N) is 1. The van der Waals surface area contributed by atoms with Gasteiger partial charge in [-0.25, -0.2) is 4.98 Å². The molecule has 0 amide bonds. The fourth-order valence-electron chi connectivity index (χ4n) is 1.55. The van der Waals surface area contributed by atoms with Crippen molar-refractivity contribution in [3.8, 4) is 11.8 Å². The van der Waals surface area contributed by atoms with Crippen molar-refractivity contribution in [2.75, 3.05) is 11.9 Å². The van der Waals surface area contributed by atoms with Gasteiger partial charge in [0.1, 0.15) is 11.8 Å². The Bertz CT molecular complexity index is 558. The molecule has 0 aliphatic heterocycles. The molecule has 1 heterocycles. The minimum Gasteiger partial charge on any atom is -0.494 e. The summed E-state index contributed by atoms with van der Waals surface area (Å²) in [7, 11) is 0. The van der Waals surface area contributed by atoms with Crippen LogP contribution in [0.1, 0.15) is 12.6 Å². The molecule has 4 heteroatoms. The predicted octanol–water partition coefficient (Wildman–Crippen LogP) is 3.10. The molecule has 2 aromatic rings. The van der Waals surface area contributed by atoms with Gasteiger partial charge in [-0.05, 0) is 43.3 Å². The zero-order valence-electron chi connectivity index (χ0n) is 10.1. The lowest BCUT2D eigenvalue weighted by Gasteiger charge is -2.08. The maximum absolute atomic E-state index is 8.94. The van der Waals surface area contributed by atoms with Gasteiger partial charge in [-0.15, -0.1) is 0 Å². The number of nitrogens with zero attached hydrogens (tertiary/aromatic N) is 2. The van der Waals surface area contributed by atoms with E-state index in [1.165, 1.54) is 0 Å². The number of ether oxygens (including phenoxy) is 1. The minimum atomic E-state index is 0.381. The van der Waals surface area contributed by atoms with Crippen molar-refractivity contribution < 1.29 is 4.74 Å². The fourth-order valence-corrected chi connectivity index (χ4v) is 1.55. The van der Waals surface area contributed by atoms with E-state index in [0.29, 0.717) is 18.0 Å². The Kier molecular flexibility index (Phi) is 3.77. The van der Waals surface area contributed by atoms with E-state index in [4.69, 9.17) is 10.00 Å². The summed E-state index contributed by atoms with van der Waals surface area (Å²) < 4.78 is 5.36. The predicted molar refractivity (Wildman–Crippen MR) is 69.8 cm³/mol. The molecule has 0 bridgehead atoms. The first-order valence-corrected chi connectivity index (χ1v) is 5.68. The molecule has 1 aromatic heterocycles. The largest absolute Gasteiger partial charge is 0.494 e. The second kappa shape index (κ2) is 5.69. The average Bonchev–Trinajstić information content (AvgIpc) is 2.42. The second-order valence-electron chi connectivity index (χ2n) is 3.59. The number of hydrogen-bond donors (Lipinski definition) is 1. The highest BCUT2D eigenvalue weighted by molar-refractivity contribution is 5.64. The van der Waals surface area contributed by atoms with Crippen molar-refractivity contribution in [1.82, 2.24) is 4.98 Å². The minimum absolute atomic E-state index is 0.381. The number of benzene rings is 1. The summed E-state index contributed by atoms with van der Waals surface area (Å²) in [5.74, 6) is 0.828. The van der Waals surface area contributed by atoms with Crippen LogP contribution < -0.4 is 10.1 Å². The van der Waals surface area contributed by atoms with Gasteiger partial charge >= 0.3 is 0 Å². The van der Waals surface area contributed by atoms with Crippen molar-refractivity contribution in [2.45, 2.75) is 6.92 Å². The van der Waals surface area contributed by atoms with Crippen molar-refractivity contribution in [3.05, 3.63) is 48.3 Å². The van der Waals surface area contributed by atoms with Gasteiger partial charge in [0, 0.05) is 11.9 Å². The van der Waals surface area contributed by atoms with Gasteiger partial charge in [-0.2, -0.15) is 5.26 Å². The van der Waals surface area contributed by atoms with Crippen LogP contribution in [0.3, 0.4) is 0 Å². The molecule has 0 saturated carbocycles. The van der Waals surface area contributed by atoms with E-state index in [1.807, 2.05) is 43.3 Å². The number of nitriles is 1. The lowest BCUT2D eigenvalue weighted by Crippen LogP contribution is -1.96. The van der Waals surface area contributed by atoms with Crippen molar-refractivity contribution >= 4 is 11.4 Å². The third kappa shape index (κ3) is 2.77. The van der Waals surface area contributed by atoms with Crippen molar-refractivity contribution in [3.63, 3.8) is 0 Å². The summed E-state index contributed by atoms with van der Waals surface area (Å²) in [5, 5.41) is 12.1. The molecule has 0 unspecified atom stereocenters. The highest BCUT2D eigenvalue weighted by Gasteiger charge is 2.02. The third-order valence-corrected chi connectivity index (χ3v) is 2.36. The summed E-state index contributed by atoms with van der Waals surface area (Å²) in [4.78, 5) is 3.99. The SMILES string of the molecule is CCOc1ccc(Nc2cccnc2C#N)cc1. The van der Waals surface area contributed by atoms with Crippen LogP contribution in [0.15, 0.2) is 42.6 Å². The Balaban J connectivity index is 2.16. The quantitative estimate of drug-likeness (QED) is 0.890. The number of pyridine rings is 1. The molecule has 0 aliphatic carbocycles. The summed E-state index contributed by atoms with van der Waals surface area (Å²) in [6, 6.07) is 13.2. The van der Waals surface area contributed by atoms with E-state index < -0.39 is 0 Å². The van der Waals surface area contributed by atoms with E-state index in [2.05, 4.69) is 10.3 Å². The highest BCUT2D eigenvalue weighted by Crippen LogP contribution is 2.21. The standard InChI is InChI=1S/C14H13N3O/c1-2-18-12-7-5-11(6-8-12)17-13-4-3-9-16-14(13)10-15/h3-9,17H,2H2,1H3. The smallest absolute Gasteiger partial charge is 0.163 e. The van der Waals surface area contributed by atoms with Gasteiger partial charge in [0.15, 0.2) is 5.69 Å². The lowest BCUT2D eigenvalue weighted by atomic mass is 10.2. The Morgan fingerprint density at radius 2 is 2.06 bits per heavy atom. The number of rotatable bonds is 4. The van der Waals surface area contributed by atoms with Crippen LogP contribution in [0, 0.1) is 11.3 Å². The van der Waals surface area contributed by atoms with Crippen molar-refractivity contribution in [2.24, 2.45) is 0 Å². The molecule has 18 heavy (non-hydrogen) atoms. The van der Waals surface area contributed by atoms with E-state index in [1.54, 1.807) is 12.3 Å². The Morgan fingerprint density at radius 1 is 1.28 bits per heavy atom. The molecule has 0 radical (unpaired) electrons. The van der Waals surface area contributed by atoms with Crippen LogP contribution >= 0.6 is 0 Å².